The van der Waals surface area contributed by atoms with Crippen molar-refractivity contribution in [2.75, 3.05) is 19.9 Å². The van der Waals surface area contributed by atoms with E-state index in [9.17, 15) is 9.59 Å². The summed E-state index contributed by atoms with van der Waals surface area (Å²) < 4.78 is 10.7. The average Bonchev–Trinajstić information content (AvgIpc) is 3.17. The van der Waals surface area contributed by atoms with Crippen LogP contribution in [-0.4, -0.2) is 41.8 Å². The lowest BCUT2D eigenvalue weighted by Gasteiger charge is -2.23. The summed E-state index contributed by atoms with van der Waals surface area (Å²) in [5.74, 6) is 0.356. The van der Waals surface area contributed by atoms with E-state index in [0.717, 1.165) is 12.8 Å². The van der Waals surface area contributed by atoms with E-state index in [1.165, 1.54) is 5.56 Å². The molecule has 1 aliphatic rings. The summed E-state index contributed by atoms with van der Waals surface area (Å²) in [5.41, 5.74) is 1.80. The van der Waals surface area contributed by atoms with Crippen LogP contribution >= 0.6 is 0 Å². The van der Waals surface area contributed by atoms with E-state index in [0.29, 0.717) is 43.0 Å². The van der Waals surface area contributed by atoms with Crippen LogP contribution in [0.4, 0.5) is 0 Å². The van der Waals surface area contributed by atoms with E-state index in [-0.39, 0.29) is 19.1 Å². The Morgan fingerprint density at radius 3 is 2.46 bits per heavy atom. The van der Waals surface area contributed by atoms with Crippen LogP contribution in [0.5, 0.6) is 11.5 Å². The normalized spacial score (nSPS) is 12.0. The Hall–Kier alpha value is -3.02. The van der Waals surface area contributed by atoms with Crippen molar-refractivity contribution in [3.8, 4) is 11.5 Å². The molecule has 0 spiro atoms. The van der Waals surface area contributed by atoms with Gasteiger partial charge in [-0.3, -0.25) is 9.59 Å². The molecule has 0 atom stereocenters. The van der Waals surface area contributed by atoms with E-state index in [4.69, 9.17) is 14.6 Å². The largest absolute Gasteiger partial charge is 0.481 e. The second-order valence-electron chi connectivity index (χ2n) is 6.80. The number of nitrogens with zero attached hydrogens (tertiary/aromatic N) is 1. The van der Waals surface area contributed by atoms with Gasteiger partial charge in [-0.25, -0.2) is 0 Å². The van der Waals surface area contributed by atoms with Crippen molar-refractivity contribution >= 4 is 11.9 Å². The highest BCUT2D eigenvalue weighted by atomic mass is 16.7. The molecule has 2 aromatic carbocycles. The van der Waals surface area contributed by atoms with E-state index >= 15 is 0 Å². The van der Waals surface area contributed by atoms with Crippen molar-refractivity contribution in [3.63, 3.8) is 0 Å². The van der Waals surface area contributed by atoms with Gasteiger partial charge in [0, 0.05) is 25.1 Å². The molecule has 6 nitrogen and oxygen atoms in total. The summed E-state index contributed by atoms with van der Waals surface area (Å²) >= 11 is 0. The van der Waals surface area contributed by atoms with Crippen molar-refractivity contribution in [1.82, 2.24) is 4.90 Å². The zero-order valence-electron chi connectivity index (χ0n) is 15.8. The summed E-state index contributed by atoms with van der Waals surface area (Å²) in [4.78, 5) is 25.6. The van der Waals surface area contributed by atoms with Crippen molar-refractivity contribution in [2.45, 2.75) is 32.1 Å². The monoisotopic (exact) mass is 383 g/mol. The molecular weight excluding hydrogens is 358 g/mol. The number of amides is 1. The lowest BCUT2D eigenvalue weighted by Crippen LogP contribution is -2.33. The van der Waals surface area contributed by atoms with Crippen molar-refractivity contribution in [2.24, 2.45) is 0 Å². The number of carbonyl (C=O) groups excluding carboxylic acids is 1. The zero-order chi connectivity index (χ0) is 19.8. The molecule has 0 aromatic heterocycles. The van der Waals surface area contributed by atoms with Gasteiger partial charge in [0.15, 0.2) is 11.5 Å². The van der Waals surface area contributed by atoms with Crippen LogP contribution in [0.2, 0.25) is 0 Å². The molecular formula is C22H25NO5. The van der Waals surface area contributed by atoms with E-state index in [2.05, 4.69) is 12.1 Å². The van der Waals surface area contributed by atoms with Gasteiger partial charge in [0.05, 0.1) is 0 Å². The molecule has 1 N–H and O–H groups in total. The smallest absolute Gasteiger partial charge is 0.303 e. The lowest BCUT2D eigenvalue weighted by atomic mass is 10.1. The third-order valence-corrected chi connectivity index (χ3v) is 4.71. The van der Waals surface area contributed by atoms with Crippen LogP contribution in [0.25, 0.3) is 0 Å². The summed E-state index contributed by atoms with van der Waals surface area (Å²) in [6, 6.07) is 15.4. The van der Waals surface area contributed by atoms with Gasteiger partial charge in [-0.05, 0) is 49.4 Å². The molecule has 0 fully saturated rings. The predicted octanol–water partition coefficient (Wildman–Crippen LogP) is 3.75. The number of carboxylic acids is 1. The predicted molar refractivity (Wildman–Crippen MR) is 105 cm³/mol. The fourth-order valence-corrected chi connectivity index (χ4v) is 3.22. The molecule has 1 heterocycles. The van der Waals surface area contributed by atoms with E-state index < -0.39 is 5.97 Å². The Morgan fingerprint density at radius 2 is 1.68 bits per heavy atom. The lowest BCUT2D eigenvalue weighted by molar-refractivity contribution is -0.137. The fourth-order valence-electron chi connectivity index (χ4n) is 3.22. The SMILES string of the molecule is O=C(O)CCCCN(CCCc1ccccc1)C(=O)c1ccc2c(c1)OCO2. The minimum atomic E-state index is -0.808. The molecule has 0 aliphatic carbocycles. The number of unbranched alkanes of at least 4 members (excludes halogenated alkanes) is 1. The first-order valence-electron chi connectivity index (χ1n) is 9.58. The Kier molecular flexibility index (Phi) is 6.89. The third-order valence-electron chi connectivity index (χ3n) is 4.71. The number of fused-ring (bicyclic) bond motifs is 1. The highest BCUT2D eigenvalue weighted by Crippen LogP contribution is 2.32. The van der Waals surface area contributed by atoms with Gasteiger partial charge >= 0.3 is 5.97 Å². The molecule has 1 aliphatic heterocycles. The Morgan fingerprint density at radius 1 is 0.929 bits per heavy atom. The van der Waals surface area contributed by atoms with Gasteiger partial charge in [-0.15, -0.1) is 0 Å². The maximum atomic E-state index is 13.0. The van der Waals surface area contributed by atoms with Crippen LogP contribution in [-0.2, 0) is 11.2 Å². The molecule has 0 bridgehead atoms. The van der Waals surface area contributed by atoms with Gasteiger partial charge in [0.2, 0.25) is 6.79 Å². The first kappa shape index (κ1) is 19.7. The molecule has 6 heteroatoms. The van der Waals surface area contributed by atoms with E-state index in [1.807, 2.05) is 23.1 Å². The van der Waals surface area contributed by atoms with Gasteiger partial charge in [0.25, 0.3) is 5.91 Å². The summed E-state index contributed by atoms with van der Waals surface area (Å²) in [7, 11) is 0. The minimum absolute atomic E-state index is 0.0679. The van der Waals surface area contributed by atoms with Crippen LogP contribution in [0.1, 0.15) is 41.6 Å². The first-order chi connectivity index (χ1) is 13.6. The topological polar surface area (TPSA) is 76.1 Å². The zero-order valence-corrected chi connectivity index (χ0v) is 15.8. The number of hydrogen-bond donors (Lipinski definition) is 1. The number of benzene rings is 2. The van der Waals surface area contributed by atoms with Gasteiger partial charge in [-0.1, -0.05) is 30.3 Å². The second-order valence-corrected chi connectivity index (χ2v) is 6.80. The molecule has 0 saturated carbocycles. The summed E-state index contributed by atoms with van der Waals surface area (Å²) in [6.45, 7) is 1.33. The number of hydrogen-bond acceptors (Lipinski definition) is 4. The Labute approximate surface area is 164 Å². The maximum Gasteiger partial charge on any atom is 0.303 e. The fraction of sp³-hybridized carbons (Fsp3) is 0.364. The van der Waals surface area contributed by atoms with Gasteiger partial charge < -0.3 is 19.5 Å². The maximum absolute atomic E-state index is 13.0. The van der Waals surface area contributed by atoms with E-state index in [1.54, 1.807) is 18.2 Å². The average molecular weight is 383 g/mol. The summed E-state index contributed by atoms with van der Waals surface area (Å²) in [6.07, 6.45) is 3.07. The van der Waals surface area contributed by atoms with Crippen molar-refractivity contribution in [1.29, 1.82) is 0 Å². The molecule has 1 amide bonds. The van der Waals surface area contributed by atoms with Crippen molar-refractivity contribution in [3.05, 3.63) is 59.7 Å². The highest BCUT2D eigenvalue weighted by molar-refractivity contribution is 5.95. The molecule has 148 valence electrons. The molecule has 0 radical (unpaired) electrons. The standard InChI is InChI=1S/C22H25NO5/c24-21(25)10-4-5-13-23(14-6-9-17-7-2-1-3-8-17)22(26)18-11-12-19-20(15-18)28-16-27-19/h1-3,7-8,11-12,15H,4-6,9-10,13-14,16H2,(H,24,25). The van der Waals surface area contributed by atoms with Gasteiger partial charge in [-0.2, -0.15) is 0 Å². The quantitative estimate of drug-likeness (QED) is 0.633. The number of aryl methyl sites for hydroxylation is 1. The molecule has 3 rings (SSSR count). The van der Waals surface area contributed by atoms with Crippen LogP contribution in [0.3, 0.4) is 0 Å². The Bertz CT molecular complexity index is 806. The Balaban J connectivity index is 1.62. The first-order valence-corrected chi connectivity index (χ1v) is 9.58. The molecule has 2 aromatic rings. The number of aliphatic carboxylic acids is 1. The number of carboxylic acid groups (broad SMARTS) is 1. The third kappa shape index (κ3) is 5.49. The van der Waals surface area contributed by atoms with Crippen LogP contribution in [0, 0.1) is 0 Å². The van der Waals surface area contributed by atoms with Crippen molar-refractivity contribution < 1.29 is 24.2 Å². The number of ether oxygens (including phenoxy) is 2. The molecule has 28 heavy (non-hydrogen) atoms. The van der Waals surface area contributed by atoms with Gasteiger partial charge in [0.1, 0.15) is 0 Å². The molecule has 0 saturated heterocycles. The number of carbonyl (C=O) groups is 2. The van der Waals surface area contributed by atoms with Crippen LogP contribution < -0.4 is 9.47 Å². The highest BCUT2D eigenvalue weighted by Gasteiger charge is 2.20. The molecule has 0 unspecified atom stereocenters. The number of rotatable bonds is 10. The minimum Gasteiger partial charge on any atom is -0.481 e. The summed E-state index contributed by atoms with van der Waals surface area (Å²) in [5, 5.41) is 8.82. The second kappa shape index (κ2) is 9.78. The van der Waals surface area contributed by atoms with Crippen LogP contribution in [0.15, 0.2) is 48.5 Å².